The number of aliphatic hydroxyl groups excluding tert-OH is 1. The zero-order valence-corrected chi connectivity index (χ0v) is 14.7. The van der Waals surface area contributed by atoms with Crippen molar-refractivity contribution in [3.05, 3.63) is 71.0 Å². The van der Waals surface area contributed by atoms with Crippen LogP contribution < -0.4 is 0 Å². The van der Waals surface area contributed by atoms with Crippen molar-refractivity contribution >= 4 is 23.4 Å². The number of benzene rings is 2. The summed E-state index contributed by atoms with van der Waals surface area (Å²) in [6.07, 6.45) is 1.43. The van der Waals surface area contributed by atoms with Crippen molar-refractivity contribution in [3.63, 3.8) is 0 Å². The van der Waals surface area contributed by atoms with Crippen molar-refractivity contribution in [2.75, 3.05) is 12.4 Å². The summed E-state index contributed by atoms with van der Waals surface area (Å²) < 4.78 is 2.06. The van der Waals surface area contributed by atoms with Crippen molar-refractivity contribution < 1.29 is 5.11 Å². The second-order valence-electron chi connectivity index (χ2n) is 5.30. The predicted octanol–water partition coefficient (Wildman–Crippen LogP) is 3.99. The SMILES string of the molecule is OCCCSc1nnc(Cc2ccccc2)n1-c1ccc(Cl)cc1. The molecule has 0 unspecified atom stereocenters. The molecule has 124 valence electrons. The van der Waals surface area contributed by atoms with Crippen molar-refractivity contribution in [1.29, 1.82) is 0 Å². The van der Waals surface area contributed by atoms with Gasteiger partial charge >= 0.3 is 0 Å². The predicted molar refractivity (Wildman–Crippen MR) is 98.0 cm³/mol. The summed E-state index contributed by atoms with van der Waals surface area (Å²) in [5, 5.41) is 19.3. The van der Waals surface area contributed by atoms with Gasteiger partial charge in [-0.1, -0.05) is 53.7 Å². The van der Waals surface area contributed by atoms with Gasteiger partial charge in [0.05, 0.1) is 0 Å². The van der Waals surface area contributed by atoms with Crippen LogP contribution in [0.25, 0.3) is 5.69 Å². The first kappa shape index (κ1) is 17.0. The minimum absolute atomic E-state index is 0.180. The third-order valence-corrected chi connectivity index (χ3v) is 4.79. The molecule has 0 spiro atoms. The number of aromatic nitrogens is 3. The number of hydrogen-bond acceptors (Lipinski definition) is 4. The number of hydrogen-bond donors (Lipinski definition) is 1. The Kier molecular flexibility index (Phi) is 5.91. The molecule has 0 radical (unpaired) electrons. The van der Waals surface area contributed by atoms with Crippen LogP contribution in [-0.2, 0) is 6.42 Å². The minimum atomic E-state index is 0.180. The summed E-state index contributed by atoms with van der Waals surface area (Å²) in [6.45, 7) is 0.180. The van der Waals surface area contributed by atoms with E-state index in [9.17, 15) is 0 Å². The average molecular weight is 360 g/mol. The zero-order chi connectivity index (χ0) is 16.8. The van der Waals surface area contributed by atoms with Crippen LogP contribution in [0.15, 0.2) is 59.8 Å². The first-order chi connectivity index (χ1) is 11.8. The van der Waals surface area contributed by atoms with E-state index in [-0.39, 0.29) is 6.61 Å². The molecule has 1 N–H and O–H groups in total. The molecule has 0 fully saturated rings. The third kappa shape index (κ3) is 4.17. The molecular formula is C18H18ClN3OS. The monoisotopic (exact) mass is 359 g/mol. The Labute approximate surface area is 150 Å². The normalized spacial score (nSPS) is 10.9. The number of nitrogens with zero attached hydrogens (tertiary/aromatic N) is 3. The van der Waals surface area contributed by atoms with E-state index in [1.54, 1.807) is 11.8 Å². The molecule has 0 saturated carbocycles. The van der Waals surface area contributed by atoms with Gasteiger partial charge in [-0.3, -0.25) is 4.57 Å². The van der Waals surface area contributed by atoms with E-state index < -0.39 is 0 Å². The molecule has 1 heterocycles. The second kappa shape index (κ2) is 8.33. The topological polar surface area (TPSA) is 50.9 Å². The number of aliphatic hydroxyl groups is 1. The van der Waals surface area contributed by atoms with Crippen molar-refractivity contribution in [1.82, 2.24) is 14.8 Å². The number of rotatable bonds is 7. The van der Waals surface area contributed by atoms with Gasteiger partial charge in [0.15, 0.2) is 5.16 Å². The highest BCUT2D eigenvalue weighted by molar-refractivity contribution is 7.99. The van der Waals surface area contributed by atoms with Gasteiger partial charge in [-0.25, -0.2) is 0 Å². The molecule has 0 atom stereocenters. The molecule has 0 aliphatic rings. The molecule has 6 heteroatoms. The summed E-state index contributed by atoms with van der Waals surface area (Å²) in [5.74, 6) is 1.68. The lowest BCUT2D eigenvalue weighted by Crippen LogP contribution is -2.04. The van der Waals surface area contributed by atoms with E-state index >= 15 is 0 Å². The van der Waals surface area contributed by atoms with E-state index in [0.29, 0.717) is 11.4 Å². The van der Waals surface area contributed by atoms with E-state index in [1.165, 1.54) is 5.56 Å². The van der Waals surface area contributed by atoms with Crippen LogP contribution in [0.1, 0.15) is 17.8 Å². The summed E-state index contributed by atoms with van der Waals surface area (Å²) in [5.41, 5.74) is 2.17. The fraction of sp³-hybridized carbons (Fsp3) is 0.222. The van der Waals surface area contributed by atoms with Gasteiger partial charge in [0, 0.05) is 29.5 Å². The van der Waals surface area contributed by atoms with E-state index in [0.717, 1.165) is 28.8 Å². The second-order valence-corrected chi connectivity index (χ2v) is 6.80. The van der Waals surface area contributed by atoms with Gasteiger partial charge in [-0.05, 0) is 36.2 Å². The molecule has 4 nitrogen and oxygen atoms in total. The van der Waals surface area contributed by atoms with Crippen LogP contribution in [0.3, 0.4) is 0 Å². The molecule has 24 heavy (non-hydrogen) atoms. The summed E-state index contributed by atoms with van der Waals surface area (Å²) in [7, 11) is 0. The van der Waals surface area contributed by atoms with Crippen LogP contribution in [0.5, 0.6) is 0 Å². The molecule has 1 aromatic heterocycles. The molecule has 0 amide bonds. The molecular weight excluding hydrogens is 342 g/mol. The molecule has 0 aliphatic carbocycles. The Morgan fingerprint density at radius 2 is 1.75 bits per heavy atom. The maximum absolute atomic E-state index is 8.99. The number of halogens is 1. The minimum Gasteiger partial charge on any atom is -0.396 e. The van der Waals surface area contributed by atoms with Crippen LogP contribution in [0, 0.1) is 0 Å². The molecule has 3 rings (SSSR count). The van der Waals surface area contributed by atoms with Crippen LogP contribution in [-0.4, -0.2) is 32.2 Å². The maximum Gasteiger partial charge on any atom is 0.195 e. The Bertz CT molecular complexity index is 775. The summed E-state index contributed by atoms with van der Waals surface area (Å²) in [6, 6.07) is 17.9. The van der Waals surface area contributed by atoms with Crippen molar-refractivity contribution in [3.8, 4) is 5.69 Å². The lowest BCUT2D eigenvalue weighted by Gasteiger charge is -2.10. The summed E-state index contributed by atoms with van der Waals surface area (Å²) >= 11 is 7.61. The average Bonchev–Trinajstić information content (AvgIpc) is 2.99. The number of thioether (sulfide) groups is 1. The van der Waals surface area contributed by atoms with Crippen molar-refractivity contribution in [2.45, 2.75) is 18.0 Å². The fourth-order valence-electron chi connectivity index (χ4n) is 2.36. The highest BCUT2D eigenvalue weighted by Gasteiger charge is 2.14. The van der Waals surface area contributed by atoms with Crippen LogP contribution in [0.2, 0.25) is 5.02 Å². The highest BCUT2D eigenvalue weighted by Crippen LogP contribution is 2.25. The van der Waals surface area contributed by atoms with Crippen LogP contribution in [0.4, 0.5) is 0 Å². The quantitative estimate of drug-likeness (QED) is 0.512. The largest absolute Gasteiger partial charge is 0.396 e. The Morgan fingerprint density at radius 1 is 1.00 bits per heavy atom. The van der Waals surface area contributed by atoms with Gasteiger partial charge in [-0.2, -0.15) is 0 Å². The smallest absolute Gasteiger partial charge is 0.195 e. The third-order valence-electron chi connectivity index (χ3n) is 3.52. The van der Waals surface area contributed by atoms with Gasteiger partial charge in [0.25, 0.3) is 0 Å². The lowest BCUT2D eigenvalue weighted by atomic mass is 10.1. The molecule has 0 bridgehead atoms. The van der Waals surface area contributed by atoms with E-state index in [2.05, 4.69) is 26.9 Å². The van der Waals surface area contributed by atoms with Gasteiger partial charge in [-0.15, -0.1) is 10.2 Å². The van der Waals surface area contributed by atoms with E-state index in [4.69, 9.17) is 16.7 Å². The molecule has 3 aromatic rings. The summed E-state index contributed by atoms with van der Waals surface area (Å²) in [4.78, 5) is 0. The first-order valence-electron chi connectivity index (χ1n) is 7.76. The molecule has 0 aliphatic heterocycles. The first-order valence-corrected chi connectivity index (χ1v) is 9.12. The fourth-order valence-corrected chi connectivity index (χ4v) is 3.38. The van der Waals surface area contributed by atoms with Gasteiger partial charge < -0.3 is 5.11 Å². The van der Waals surface area contributed by atoms with E-state index in [1.807, 2.05) is 42.5 Å². The standard InChI is InChI=1S/C18H18ClN3OS/c19-15-7-9-16(10-8-15)22-17(13-14-5-2-1-3-6-14)20-21-18(22)24-12-4-11-23/h1-3,5-10,23H,4,11-13H2. The Morgan fingerprint density at radius 3 is 2.46 bits per heavy atom. The van der Waals surface area contributed by atoms with Crippen molar-refractivity contribution in [2.24, 2.45) is 0 Å². The van der Waals surface area contributed by atoms with Crippen LogP contribution >= 0.6 is 23.4 Å². The van der Waals surface area contributed by atoms with Gasteiger partial charge in [0.2, 0.25) is 0 Å². The Balaban J connectivity index is 1.94. The molecule has 2 aromatic carbocycles. The Hall–Kier alpha value is -1.82. The zero-order valence-electron chi connectivity index (χ0n) is 13.1. The van der Waals surface area contributed by atoms with Gasteiger partial charge in [0.1, 0.15) is 5.82 Å². The molecule has 0 saturated heterocycles. The highest BCUT2D eigenvalue weighted by atomic mass is 35.5. The lowest BCUT2D eigenvalue weighted by molar-refractivity contribution is 0.296. The maximum atomic E-state index is 8.99.